The number of hydrogen-bond donors (Lipinski definition) is 2. The van der Waals surface area contributed by atoms with Crippen LogP contribution in [0.1, 0.15) is 36.5 Å². The molecule has 0 aliphatic heterocycles. The number of carboxylic acids is 1. The standard InChI is InChI=1S/C20H31N3O4/c1-6-23(12-18(24)25)17-9-16(10-17)21-20(26)22(4)11-15-7-13(2)19(27-5)14(3)8-15/h7-8,16-17H,6,9-12H2,1-5H3,(H,21,26)(H,24,25). The van der Waals surface area contributed by atoms with Gasteiger partial charge in [-0.2, -0.15) is 0 Å². The summed E-state index contributed by atoms with van der Waals surface area (Å²) >= 11 is 0. The van der Waals surface area contributed by atoms with E-state index in [9.17, 15) is 9.59 Å². The fourth-order valence-electron chi connectivity index (χ4n) is 3.76. The number of carbonyl (C=O) groups is 2. The second-order valence-corrected chi connectivity index (χ2v) is 7.35. The van der Waals surface area contributed by atoms with Crippen LogP contribution in [0.2, 0.25) is 0 Å². The Balaban J connectivity index is 1.84. The van der Waals surface area contributed by atoms with E-state index >= 15 is 0 Å². The number of aliphatic carboxylic acids is 1. The van der Waals surface area contributed by atoms with Gasteiger partial charge in [0.15, 0.2) is 0 Å². The van der Waals surface area contributed by atoms with Crippen LogP contribution in [0.15, 0.2) is 12.1 Å². The molecule has 2 rings (SSSR count). The Morgan fingerprint density at radius 2 is 1.85 bits per heavy atom. The van der Waals surface area contributed by atoms with Crippen molar-refractivity contribution in [3.8, 4) is 5.75 Å². The highest BCUT2D eigenvalue weighted by Gasteiger charge is 2.35. The quantitative estimate of drug-likeness (QED) is 0.727. The van der Waals surface area contributed by atoms with E-state index in [1.54, 1.807) is 19.1 Å². The fourth-order valence-corrected chi connectivity index (χ4v) is 3.76. The molecule has 0 saturated heterocycles. The van der Waals surface area contributed by atoms with Crippen molar-refractivity contribution in [3.63, 3.8) is 0 Å². The van der Waals surface area contributed by atoms with Crippen molar-refractivity contribution >= 4 is 12.0 Å². The van der Waals surface area contributed by atoms with E-state index < -0.39 is 5.97 Å². The molecule has 27 heavy (non-hydrogen) atoms. The summed E-state index contributed by atoms with van der Waals surface area (Å²) in [5.74, 6) is 0.0716. The Hall–Kier alpha value is -2.28. The molecule has 2 N–H and O–H groups in total. The van der Waals surface area contributed by atoms with Crippen LogP contribution in [0.5, 0.6) is 5.75 Å². The van der Waals surface area contributed by atoms with E-state index in [1.807, 2.05) is 37.8 Å². The molecular formula is C20H31N3O4. The number of rotatable bonds is 8. The predicted molar refractivity (Wildman–Crippen MR) is 104 cm³/mol. The fraction of sp³-hybridized carbons (Fsp3) is 0.600. The summed E-state index contributed by atoms with van der Waals surface area (Å²) < 4.78 is 5.39. The number of hydrogen-bond acceptors (Lipinski definition) is 4. The van der Waals surface area contributed by atoms with Gasteiger partial charge < -0.3 is 20.1 Å². The van der Waals surface area contributed by atoms with Crippen molar-refractivity contribution in [2.45, 2.75) is 52.2 Å². The van der Waals surface area contributed by atoms with Crippen LogP contribution in [0.3, 0.4) is 0 Å². The summed E-state index contributed by atoms with van der Waals surface area (Å²) in [6.07, 6.45) is 1.59. The normalized spacial score (nSPS) is 18.7. The number of methoxy groups -OCH3 is 1. The highest BCUT2D eigenvalue weighted by Crippen LogP contribution is 2.26. The van der Waals surface area contributed by atoms with E-state index in [0.717, 1.165) is 35.3 Å². The van der Waals surface area contributed by atoms with Crippen LogP contribution in [-0.2, 0) is 11.3 Å². The minimum atomic E-state index is -0.811. The lowest BCUT2D eigenvalue weighted by molar-refractivity contribution is -0.139. The maximum Gasteiger partial charge on any atom is 0.317 e. The number of urea groups is 1. The van der Waals surface area contributed by atoms with Crippen molar-refractivity contribution in [2.24, 2.45) is 0 Å². The molecule has 0 spiro atoms. The van der Waals surface area contributed by atoms with Gasteiger partial charge in [-0.1, -0.05) is 19.1 Å². The summed E-state index contributed by atoms with van der Waals surface area (Å²) in [4.78, 5) is 27.0. The van der Waals surface area contributed by atoms with E-state index in [2.05, 4.69) is 5.32 Å². The van der Waals surface area contributed by atoms with Crippen LogP contribution in [0, 0.1) is 13.8 Å². The van der Waals surface area contributed by atoms with E-state index in [-0.39, 0.29) is 24.7 Å². The van der Waals surface area contributed by atoms with Crippen LogP contribution >= 0.6 is 0 Å². The third-order valence-electron chi connectivity index (χ3n) is 5.19. The van der Waals surface area contributed by atoms with Gasteiger partial charge in [0.25, 0.3) is 0 Å². The minimum absolute atomic E-state index is 0.0535. The highest BCUT2D eigenvalue weighted by atomic mass is 16.5. The molecule has 0 radical (unpaired) electrons. The Kier molecular flexibility index (Phi) is 7.07. The van der Waals surface area contributed by atoms with Gasteiger partial charge in [-0.3, -0.25) is 9.69 Å². The summed E-state index contributed by atoms with van der Waals surface area (Å²) in [5, 5.41) is 12.0. The first kappa shape index (κ1) is 21.0. The smallest absolute Gasteiger partial charge is 0.317 e. The summed E-state index contributed by atoms with van der Waals surface area (Å²) in [7, 11) is 3.44. The number of likely N-dealkylation sites (N-methyl/N-ethyl adjacent to an activating group) is 1. The van der Waals surface area contributed by atoms with Gasteiger partial charge >= 0.3 is 12.0 Å². The molecule has 2 amide bonds. The molecule has 1 saturated carbocycles. The number of nitrogens with zero attached hydrogens (tertiary/aromatic N) is 2. The molecule has 7 heteroatoms. The Labute approximate surface area is 161 Å². The number of carboxylic acid groups (broad SMARTS) is 1. The van der Waals surface area contributed by atoms with E-state index in [1.165, 1.54) is 0 Å². The van der Waals surface area contributed by atoms with Crippen molar-refractivity contribution in [1.29, 1.82) is 0 Å². The van der Waals surface area contributed by atoms with Crippen LogP contribution in [0.4, 0.5) is 4.79 Å². The first-order valence-electron chi connectivity index (χ1n) is 9.36. The molecule has 1 aromatic rings. The molecule has 0 aromatic heterocycles. The van der Waals surface area contributed by atoms with Crippen molar-refractivity contribution in [3.05, 3.63) is 28.8 Å². The SMILES string of the molecule is CCN(CC(=O)O)C1CC(NC(=O)N(C)Cc2cc(C)c(OC)c(C)c2)C1. The molecule has 150 valence electrons. The molecule has 0 heterocycles. The third kappa shape index (κ3) is 5.35. The Morgan fingerprint density at radius 3 is 2.33 bits per heavy atom. The average Bonchev–Trinajstić information content (AvgIpc) is 2.55. The number of carbonyl (C=O) groups excluding carboxylic acids is 1. The number of aryl methyl sites for hydroxylation is 2. The predicted octanol–water partition coefficient (Wildman–Crippen LogP) is 2.39. The molecule has 0 unspecified atom stereocenters. The van der Waals surface area contributed by atoms with Gasteiger partial charge in [-0.15, -0.1) is 0 Å². The lowest BCUT2D eigenvalue weighted by atomic mass is 9.85. The average molecular weight is 377 g/mol. The van der Waals surface area contributed by atoms with E-state index in [4.69, 9.17) is 9.84 Å². The Morgan fingerprint density at radius 1 is 1.26 bits per heavy atom. The zero-order valence-electron chi connectivity index (χ0n) is 16.9. The topological polar surface area (TPSA) is 82.1 Å². The first-order valence-corrected chi connectivity index (χ1v) is 9.36. The van der Waals surface area contributed by atoms with Gasteiger partial charge in [0, 0.05) is 25.7 Å². The molecule has 1 fully saturated rings. The summed E-state index contributed by atoms with van der Waals surface area (Å²) in [6.45, 7) is 7.24. The van der Waals surface area contributed by atoms with Gasteiger partial charge in [0.1, 0.15) is 5.75 Å². The second-order valence-electron chi connectivity index (χ2n) is 7.35. The van der Waals surface area contributed by atoms with Crippen LogP contribution < -0.4 is 10.1 Å². The largest absolute Gasteiger partial charge is 0.496 e. The van der Waals surface area contributed by atoms with Crippen molar-refractivity contribution in [2.75, 3.05) is 27.2 Å². The van der Waals surface area contributed by atoms with Crippen LogP contribution in [0.25, 0.3) is 0 Å². The number of ether oxygens (including phenoxy) is 1. The summed E-state index contributed by atoms with van der Waals surface area (Å²) in [6, 6.07) is 4.31. The molecular weight excluding hydrogens is 346 g/mol. The third-order valence-corrected chi connectivity index (χ3v) is 5.19. The van der Waals surface area contributed by atoms with Crippen molar-refractivity contribution < 1.29 is 19.4 Å². The molecule has 0 atom stereocenters. The number of benzene rings is 1. The monoisotopic (exact) mass is 377 g/mol. The maximum atomic E-state index is 12.4. The van der Waals surface area contributed by atoms with Gasteiger partial charge in [0.2, 0.25) is 0 Å². The van der Waals surface area contributed by atoms with E-state index in [0.29, 0.717) is 13.1 Å². The molecule has 1 aliphatic rings. The number of nitrogens with one attached hydrogen (secondary N) is 1. The zero-order chi connectivity index (χ0) is 20.1. The van der Waals surface area contributed by atoms with Gasteiger partial charge in [-0.05, 0) is 49.9 Å². The maximum absolute atomic E-state index is 12.4. The minimum Gasteiger partial charge on any atom is -0.496 e. The molecule has 1 aliphatic carbocycles. The van der Waals surface area contributed by atoms with Crippen molar-refractivity contribution in [1.82, 2.24) is 15.1 Å². The van der Waals surface area contributed by atoms with Gasteiger partial charge in [-0.25, -0.2) is 4.79 Å². The van der Waals surface area contributed by atoms with Crippen LogP contribution in [-0.4, -0.2) is 66.2 Å². The number of amides is 2. The second kappa shape index (κ2) is 9.08. The highest BCUT2D eigenvalue weighted by molar-refractivity contribution is 5.74. The lowest BCUT2D eigenvalue weighted by Gasteiger charge is -2.42. The zero-order valence-corrected chi connectivity index (χ0v) is 16.9. The Bertz CT molecular complexity index is 663. The lowest BCUT2D eigenvalue weighted by Crippen LogP contribution is -2.56. The molecule has 1 aromatic carbocycles. The molecule has 7 nitrogen and oxygen atoms in total. The summed E-state index contributed by atoms with van der Waals surface area (Å²) in [5.41, 5.74) is 3.18. The van der Waals surface area contributed by atoms with Gasteiger partial charge in [0.05, 0.1) is 13.7 Å². The molecule has 0 bridgehead atoms. The first-order chi connectivity index (χ1) is 12.7.